The third-order valence-electron chi connectivity index (χ3n) is 4.21. The summed E-state index contributed by atoms with van der Waals surface area (Å²) < 4.78 is 1.71. The quantitative estimate of drug-likeness (QED) is 0.783. The second-order valence-electron chi connectivity index (χ2n) is 5.84. The van der Waals surface area contributed by atoms with Crippen LogP contribution in [0.15, 0.2) is 30.6 Å². The third kappa shape index (κ3) is 3.27. The summed E-state index contributed by atoms with van der Waals surface area (Å²) in [6.45, 7) is 6.02. The lowest BCUT2D eigenvalue weighted by molar-refractivity contribution is -0.116. The number of anilines is 1. The van der Waals surface area contributed by atoms with E-state index < -0.39 is 0 Å². The van der Waals surface area contributed by atoms with Crippen molar-refractivity contribution in [2.24, 2.45) is 0 Å². The number of rotatable bonds is 5. The van der Waals surface area contributed by atoms with Crippen molar-refractivity contribution in [1.82, 2.24) is 19.6 Å². The Morgan fingerprint density at radius 2 is 2.12 bits per heavy atom. The van der Waals surface area contributed by atoms with Crippen molar-refractivity contribution in [1.29, 1.82) is 0 Å². The van der Waals surface area contributed by atoms with Crippen LogP contribution in [0.3, 0.4) is 0 Å². The average Bonchev–Trinajstić information content (AvgIpc) is 3.03. The molecule has 0 saturated carbocycles. The molecule has 1 aromatic carbocycles. The van der Waals surface area contributed by atoms with Crippen LogP contribution in [0.2, 0.25) is 0 Å². The highest BCUT2D eigenvalue weighted by molar-refractivity contribution is 5.90. The molecule has 24 heavy (non-hydrogen) atoms. The molecule has 0 unspecified atom stereocenters. The van der Waals surface area contributed by atoms with Gasteiger partial charge < -0.3 is 5.32 Å². The maximum atomic E-state index is 12.3. The van der Waals surface area contributed by atoms with Crippen LogP contribution in [0.1, 0.15) is 35.9 Å². The molecule has 0 bridgehead atoms. The number of aromatic nitrogens is 4. The highest BCUT2D eigenvalue weighted by Gasteiger charge is 2.12. The lowest BCUT2D eigenvalue weighted by Gasteiger charge is -2.11. The van der Waals surface area contributed by atoms with Gasteiger partial charge in [0.2, 0.25) is 5.91 Å². The van der Waals surface area contributed by atoms with Gasteiger partial charge in [0, 0.05) is 23.5 Å². The van der Waals surface area contributed by atoms with E-state index in [2.05, 4.69) is 33.4 Å². The van der Waals surface area contributed by atoms with Crippen LogP contribution in [0.4, 0.5) is 5.69 Å². The number of hydrogen-bond acceptors (Lipinski definition) is 4. The molecule has 1 amide bonds. The van der Waals surface area contributed by atoms with Crippen molar-refractivity contribution >= 4 is 17.4 Å². The lowest BCUT2D eigenvalue weighted by atomic mass is 10.1. The van der Waals surface area contributed by atoms with Gasteiger partial charge in [-0.2, -0.15) is 10.1 Å². The molecule has 3 rings (SSSR count). The number of carbonyl (C=O) groups is 1. The maximum Gasteiger partial charge on any atom is 0.252 e. The Morgan fingerprint density at radius 1 is 1.29 bits per heavy atom. The number of amides is 1. The molecule has 1 N–H and O–H groups in total. The average molecular weight is 323 g/mol. The van der Waals surface area contributed by atoms with Gasteiger partial charge in [0.1, 0.15) is 6.33 Å². The second-order valence-corrected chi connectivity index (χ2v) is 5.84. The first-order chi connectivity index (χ1) is 11.6. The van der Waals surface area contributed by atoms with Gasteiger partial charge in [-0.05, 0) is 49.9 Å². The highest BCUT2D eigenvalue weighted by atomic mass is 16.1. The fraction of sp³-hybridized carbons (Fsp3) is 0.333. The van der Waals surface area contributed by atoms with E-state index in [4.69, 9.17) is 0 Å². The molecule has 2 aromatic heterocycles. The molecule has 0 radical (unpaired) electrons. The van der Waals surface area contributed by atoms with Gasteiger partial charge in [-0.15, -0.1) is 0 Å². The SMILES string of the molecule is CCc1cccc(NC(=O)CCc2c(C)nc3ncnn3c2C)c1. The first-order valence-corrected chi connectivity index (χ1v) is 8.13. The van der Waals surface area contributed by atoms with Crippen molar-refractivity contribution in [2.75, 3.05) is 5.32 Å². The molecule has 3 aromatic rings. The fourth-order valence-corrected chi connectivity index (χ4v) is 2.85. The number of nitrogens with zero attached hydrogens (tertiary/aromatic N) is 4. The van der Waals surface area contributed by atoms with Gasteiger partial charge in [-0.3, -0.25) is 4.79 Å². The molecule has 0 atom stereocenters. The summed E-state index contributed by atoms with van der Waals surface area (Å²) >= 11 is 0. The van der Waals surface area contributed by atoms with E-state index in [0.29, 0.717) is 18.6 Å². The van der Waals surface area contributed by atoms with Gasteiger partial charge in [-0.25, -0.2) is 9.50 Å². The monoisotopic (exact) mass is 323 g/mol. The Hall–Kier alpha value is -2.76. The molecular formula is C18H21N5O. The summed E-state index contributed by atoms with van der Waals surface area (Å²) in [7, 11) is 0. The Balaban J connectivity index is 1.70. The smallest absolute Gasteiger partial charge is 0.252 e. The summed E-state index contributed by atoms with van der Waals surface area (Å²) in [4.78, 5) is 20.8. The predicted octanol–water partition coefficient (Wildman–Crippen LogP) is 2.87. The Labute approximate surface area is 141 Å². The molecule has 0 aliphatic heterocycles. The minimum atomic E-state index is 0.000685. The van der Waals surface area contributed by atoms with E-state index in [0.717, 1.165) is 29.1 Å². The summed E-state index contributed by atoms with van der Waals surface area (Å²) in [6.07, 6.45) is 3.47. The largest absolute Gasteiger partial charge is 0.326 e. The standard InChI is InChI=1S/C18H21N5O/c1-4-14-6-5-7-15(10-14)22-17(24)9-8-16-12(2)21-18-19-11-20-23(18)13(16)3/h5-7,10-11H,4,8-9H2,1-3H3,(H,22,24). The van der Waals surface area contributed by atoms with E-state index >= 15 is 0 Å². The van der Waals surface area contributed by atoms with Crippen molar-refractivity contribution < 1.29 is 4.79 Å². The van der Waals surface area contributed by atoms with E-state index in [1.54, 1.807) is 4.52 Å². The zero-order valence-corrected chi connectivity index (χ0v) is 14.2. The molecule has 0 aliphatic rings. The highest BCUT2D eigenvalue weighted by Crippen LogP contribution is 2.16. The zero-order valence-electron chi connectivity index (χ0n) is 14.2. The predicted molar refractivity (Wildman–Crippen MR) is 93.0 cm³/mol. The topological polar surface area (TPSA) is 72.2 Å². The Bertz CT molecular complexity index is 884. The fourth-order valence-electron chi connectivity index (χ4n) is 2.85. The van der Waals surface area contributed by atoms with Crippen LogP contribution in [-0.4, -0.2) is 25.5 Å². The molecule has 6 heteroatoms. The summed E-state index contributed by atoms with van der Waals surface area (Å²) in [6, 6.07) is 7.95. The van der Waals surface area contributed by atoms with Gasteiger partial charge >= 0.3 is 0 Å². The molecule has 0 saturated heterocycles. The van der Waals surface area contributed by atoms with Gasteiger partial charge in [-0.1, -0.05) is 19.1 Å². The van der Waals surface area contributed by atoms with Crippen molar-refractivity contribution in [3.05, 3.63) is 53.1 Å². The van der Waals surface area contributed by atoms with Crippen LogP contribution >= 0.6 is 0 Å². The van der Waals surface area contributed by atoms with Crippen molar-refractivity contribution in [3.63, 3.8) is 0 Å². The molecule has 124 valence electrons. The first kappa shape index (κ1) is 16.1. The summed E-state index contributed by atoms with van der Waals surface area (Å²) in [5, 5.41) is 7.14. The zero-order chi connectivity index (χ0) is 17.1. The third-order valence-corrected chi connectivity index (χ3v) is 4.21. The molecule has 6 nitrogen and oxygen atoms in total. The molecule has 0 fully saturated rings. The van der Waals surface area contributed by atoms with Crippen molar-refractivity contribution in [2.45, 2.75) is 40.0 Å². The van der Waals surface area contributed by atoms with E-state index in [1.807, 2.05) is 32.0 Å². The second kappa shape index (κ2) is 6.78. The number of carbonyl (C=O) groups excluding carboxylic acids is 1. The van der Waals surface area contributed by atoms with Gasteiger partial charge in [0.05, 0.1) is 0 Å². The first-order valence-electron chi connectivity index (χ1n) is 8.13. The molecule has 0 spiro atoms. The summed E-state index contributed by atoms with van der Waals surface area (Å²) in [5.74, 6) is 0.593. The minimum absolute atomic E-state index is 0.000685. The minimum Gasteiger partial charge on any atom is -0.326 e. The van der Waals surface area contributed by atoms with E-state index in [9.17, 15) is 4.79 Å². The molecule has 0 aliphatic carbocycles. The van der Waals surface area contributed by atoms with Crippen LogP contribution in [0.5, 0.6) is 0 Å². The Kier molecular flexibility index (Phi) is 4.55. The van der Waals surface area contributed by atoms with Crippen LogP contribution in [-0.2, 0) is 17.6 Å². The number of benzene rings is 1. The molecular weight excluding hydrogens is 302 g/mol. The number of aryl methyl sites for hydroxylation is 3. The van der Waals surface area contributed by atoms with E-state index in [-0.39, 0.29) is 5.91 Å². The number of hydrogen-bond donors (Lipinski definition) is 1. The number of nitrogens with one attached hydrogen (secondary N) is 1. The van der Waals surface area contributed by atoms with Gasteiger partial charge in [0.25, 0.3) is 5.78 Å². The van der Waals surface area contributed by atoms with E-state index in [1.165, 1.54) is 11.9 Å². The Morgan fingerprint density at radius 3 is 2.92 bits per heavy atom. The lowest BCUT2D eigenvalue weighted by Crippen LogP contribution is -2.14. The normalized spacial score (nSPS) is 11.0. The molecule has 2 heterocycles. The summed E-state index contributed by atoms with van der Waals surface area (Å²) in [5.41, 5.74) is 4.98. The number of fused-ring (bicyclic) bond motifs is 1. The van der Waals surface area contributed by atoms with Gasteiger partial charge in [0.15, 0.2) is 0 Å². The van der Waals surface area contributed by atoms with Crippen LogP contribution in [0, 0.1) is 13.8 Å². The maximum absolute atomic E-state index is 12.3. The van der Waals surface area contributed by atoms with Crippen molar-refractivity contribution in [3.8, 4) is 0 Å². The van der Waals surface area contributed by atoms with Crippen LogP contribution < -0.4 is 5.32 Å². The van der Waals surface area contributed by atoms with Crippen LogP contribution in [0.25, 0.3) is 5.78 Å².